The SMILES string of the molecule is CCOC(=O)c1c(NS(=O)(=O)CCCCl)sc(C)c1C. The zero-order valence-corrected chi connectivity index (χ0v) is 14.0. The minimum atomic E-state index is -3.50. The van der Waals surface area contributed by atoms with E-state index in [1.807, 2.05) is 6.92 Å². The molecular formula is C12H18ClNO4S2. The first-order chi connectivity index (χ1) is 9.32. The standard InChI is InChI=1S/C12H18ClNO4S2/c1-4-18-12(15)10-8(2)9(3)19-11(10)14-20(16,17)7-5-6-13/h14H,4-7H2,1-3H3. The number of hydrogen-bond acceptors (Lipinski definition) is 5. The largest absolute Gasteiger partial charge is 0.462 e. The lowest BCUT2D eigenvalue weighted by Crippen LogP contribution is -2.18. The van der Waals surface area contributed by atoms with Crippen LogP contribution < -0.4 is 4.72 Å². The highest BCUT2D eigenvalue weighted by Crippen LogP contribution is 2.33. The summed E-state index contributed by atoms with van der Waals surface area (Å²) >= 11 is 6.73. The molecule has 1 rings (SSSR count). The fraction of sp³-hybridized carbons (Fsp3) is 0.583. The van der Waals surface area contributed by atoms with Crippen LogP contribution in [0.4, 0.5) is 5.00 Å². The van der Waals surface area contributed by atoms with Crippen LogP contribution in [0.3, 0.4) is 0 Å². The van der Waals surface area contributed by atoms with E-state index in [1.54, 1.807) is 13.8 Å². The number of sulfonamides is 1. The molecule has 0 saturated heterocycles. The Morgan fingerprint density at radius 1 is 1.40 bits per heavy atom. The zero-order valence-electron chi connectivity index (χ0n) is 11.7. The van der Waals surface area contributed by atoms with E-state index in [9.17, 15) is 13.2 Å². The average molecular weight is 340 g/mol. The Kier molecular flexibility index (Phi) is 6.29. The minimum Gasteiger partial charge on any atom is -0.462 e. The van der Waals surface area contributed by atoms with Gasteiger partial charge in [-0.05, 0) is 32.8 Å². The van der Waals surface area contributed by atoms with E-state index in [0.717, 1.165) is 10.4 Å². The minimum absolute atomic E-state index is 0.0746. The lowest BCUT2D eigenvalue weighted by atomic mass is 10.2. The van der Waals surface area contributed by atoms with Gasteiger partial charge < -0.3 is 4.74 Å². The van der Waals surface area contributed by atoms with Crippen LogP contribution in [0.2, 0.25) is 0 Å². The van der Waals surface area contributed by atoms with Crippen LogP contribution in [0.25, 0.3) is 0 Å². The van der Waals surface area contributed by atoms with Gasteiger partial charge in [-0.1, -0.05) is 0 Å². The second kappa shape index (κ2) is 7.28. The second-order valence-corrected chi connectivity index (χ2v) is 7.62. The third-order valence-electron chi connectivity index (χ3n) is 2.66. The topological polar surface area (TPSA) is 72.5 Å². The van der Waals surface area contributed by atoms with Crippen LogP contribution in [-0.4, -0.2) is 32.6 Å². The van der Waals surface area contributed by atoms with Crippen LogP contribution >= 0.6 is 22.9 Å². The molecule has 0 aromatic carbocycles. The van der Waals surface area contributed by atoms with E-state index >= 15 is 0 Å². The van der Waals surface area contributed by atoms with E-state index < -0.39 is 16.0 Å². The first-order valence-electron chi connectivity index (χ1n) is 6.16. The number of anilines is 1. The first kappa shape index (κ1) is 17.3. The van der Waals surface area contributed by atoms with Crippen molar-refractivity contribution in [2.45, 2.75) is 27.2 Å². The summed E-state index contributed by atoms with van der Waals surface area (Å²) in [5.41, 5.74) is 1.03. The summed E-state index contributed by atoms with van der Waals surface area (Å²) in [5.74, 6) is -0.312. The molecule has 1 heterocycles. The Labute approximate surface area is 128 Å². The maximum atomic E-state index is 11.9. The smallest absolute Gasteiger partial charge is 0.341 e. The fourth-order valence-electron chi connectivity index (χ4n) is 1.58. The van der Waals surface area contributed by atoms with Gasteiger partial charge in [0.25, 0.3) is 0 Å². The van der Waals surface area contributed by atoms with Gasteiger partial charge in [0.2, 0.25) is 10.0 Å². The van der Waals surface area contributed by atoms with Crippen LogP contribution in [0.5, 0.6) is 0 Å². The molecule has 0 aliphatic rings. The van der Waals surface area contributed by atoms with Crippen molar-refractivity contribution >= 4 is 43.9 Å². The highest BCUT2D eigenvalue weighted by molar-refractivity contribution is 7.92. The Balaban J connectivity index is 3.07. The van der Waals surface area contributed by atoms with Gasteiger partial charge in [-0.25, -0.2) is 13.2 Å². The predicted octanol–water partition coefficient (Wildman–Crippen LogP) is 2.91. The number of esters is 1. The summed E-state index contributed by atoms with van der Waals surface area (Å²) in [6.45, 7) is 5.55. The number of ether oxygens (including phenoxy) is 1. The molecule has 0 amide bonds. The predicted molar refractivity (Wildman–Crippen MR) is 82.5 cm³/mol. The second-order valence-electron chi connectivity index (χ2n) is 4.17. The Hall–Kier alpha value is -0.790. The first-order valence-corrected chi connectivity index (χ1v) is 9.16. The summed E-state index contributed by atoms with van der Waals surface area (Å²) in [7, 11) is -3.50. The summed E-state index contributed by atoms with van der Waals surface area (Å²) in [6.07, 6.45) is 0.356. The maximum Gasteiger partial charge on any atom is 0.341 e. The van der Waals surface area contributed by atoms with E-state index in [1.165, 1.54) is 11.3 Å². The van der Waals surface area contributed by atoms with Crippen molar-refractivity contribution in [3.63, 3.8) is 0 Å². The van der Waals surface area contributed by atoms with E-state index in [2.05, 4.69) is 4.72 Å². The third kappa shape index (κ3) is 4.36. The number of carbonyl (C=O) groups is 1. The van der Waals surface area contributed by atoms with Crippen molar-refractivity contribution in [2.75, 3.05) is 23.0 Å². The summed E-state index contributed by atoms with van der Waals surface area (Å²) in [5, 5.41) is 0.313. The van der Waals surface area contributed by atoms with Crippen molar-refractivity contribution < 1.29 is 17.9 Å². The molecule has 5 nitrogen and oxygen atoms in total. The Morgan fingerprint density at radius 2 is 2.05 bits per heavy atom. The van der Waals surface area contributed by atoms with Gasteiger partial charge in [0.05, 0.1) is 17.9 Å². The van der Waals surface area contributed by atoms with Gasteiger partial charge in [-0.3, -0.25) is 4.72 Å². The van der Waals surface area contributed by atoms with Crippen molar-refractivity contribution in [3.8, 4) is 0 Å². The molecule has 8 heteroatoms. The van der Waals surface area contributed by atoms with Crippen molar-refractivity contribution in [2.24, 2.45) is 0 Å². The molecular weight excluding hydrogens is 322 g/mol. The highest BCUT2D eigenvalue weighted by atomic mass is 35.5. The van der Waals surface area contributed by atoms with Crippen molar-refractivity contribution in [3.05, 3.63) is 16.0 Å². The van der Waals surface area contributed by atoms with Gasteiger partial charge in [0.1, 0.15) is 5.00 Å². The molecule has 0 fully saturated rings. The molecule has 0 unspecified atom stereocenters. The Morgan fingerprint density at radius 3 is 2.60 bits per heavy atom. The lowest BCUT2D eigenvalue weighted by molar-refractivity contribution is 0.0527. The molecule has 0 atom stereocenters. The number of aryl methyl sites for hydroxylation is 1. The number of hydrogen-bond donors (Lipinski definition) is 1. The van der Waals surface area contributed by atoms with E-state index in [-0.39, 0.29) is 18.2 Å². The molecule has 0 bridgehead atoms. The molecule has 1 aromatic rings. The quantitative estimate of drug-likeness (QED) is 0.612. The number of rotatable bonds is 7. The van der Waals surface area contributed by atoms with Gasteiger partial charge in [-0.2, -0.15) is 0 Å². The number of alkyl halides is 1. The summed E-state index contributed by atoms with van der Waals surface area (Å²) < 4.78 is 31.2. The average Bonchev–Trinajstić information content (AvgIpc) is 2.62. The molecule has 0 spiro atoms. The highest BCUT2D eigenvalue weighted by Gasteiger charge is 2.23. The van der Waals surface area contributed by atoms with Crippen LogP contribution in [0, 0.1) is 13.8 Å². The Bertz CT molecular complexity index is 581. The molecule has 0 aliphatic carbocycles. The van der Waals surface area contributed by atoms with Gasteiger partial charge in [0.15, 0.2) is 0 Å². The number of carbonyl (C=O) groups excluding carboxylic acids is 1. The summed E-state index contributed by atoms with van der Waals surface area (Å²) in [6, 6.07) is 0. The molecule has 1 N–H and O–H groups in total. The van der Waals surface area contributed by atoms with E-state index in [4.69, 9.17) is 16.3 Å². The van der Waals surface area contributed by atoms with Crippen LogP contribution in [-0.2, 0) is 14.8 Å². The number of nitrogens with one attached hydrogen (secondary N) is 1. The molecule has 0 aliphatic heterocycles. The third-order valence-corrected chi connectivity index (χ3v) is 5.52. The van der Waals surface area contributed by atoms with Crippen molar-refractivity contribution in [1.82, 2.24) is 0 Å². The van der Waals surface area contributed by atoms with Gasteiger partial charge in [0, 0.05) is 10.8 Å². The number of thiophene rings is 1. The molecule has 1 aromatic heterocycles. The maximum absolute atomic E-state index is 11.9. The molecule has 0 saturated carbocycles. The lowest BCUT2D eigenvalue weighted by Gasteiger charge is -2.08. The zero-order chi connectivity index (χ0) is 15.3. The fourth-order valence-corrected chi connectivity index (χ4v) is 4.34. The molecule has 114 valence electrons. The van der Waals surface area contributed by atoms with Gasteiger partial charge in [-0.15, -0.1) is 22.9 Å². The van der Waals surface area contributed by atoms with Crippen molar-refractivity contribution in [1.29, 1.82) is 0 Å². The number of halogens is 1. The van der Waals surface area contributed by atoms with Gasteiger partial charge >= 0.3 is 5.97 Å². The van der Waals surface area contributed by atoms with Crippen LogP contribution in [0.15, 0.2) is 0 Å². The molecule has 0 radical (unpaired) electrons. The normalized spacial score (nSPS) is 11.4. The molecule has 20 heavy (non-hydrogen) atoms. The van der Waals surface area contributed by atoms with E-state index in [0.29, 0.717) is 17.0 Å². The monoisotopic (exact) mass is 339 g/mol. The summed E-state index contributed by atoms with van der Waals surface area (Å²) in [4.78, 5) is 12.8. The van der Waals surface area contributed by atoms with Crippen LogP contribution in [0.1, 0.15) is 34.1 Å².